The molecule has 0 heterocycles. The number of rotatable bonds is 8. The van der Waals surface area contributed by atoms with Crippen LogP contribution in [0.2, 0.25) is 0 Å². The van der Waals surface area contributed by atoms with Crippen molar-refractivity contribution in [3.63, 3.8) is 0 Å². The molecule has 0 spiro atoms. The predicted molar refractivity (Wildman–Crippen MR) is 94.3 cm³/mol. The molecule has 0 unspecified atom stereocenters. The van der Waals surface area contributed by atoms with Crippen molar-refractivity contribution in [3.8, 4) is 5.75 Å². The smallest absolute Gasteiger partial charge is 0.344 e. The third kappa shape index (κ3) is 5.14. The quantitative estimate of drug-likeness (QED) is 0.311. The average Bonchev–Trinajstić information content (AvgIpc) is 2.66. The number of esters is 1. The molecule has 0 saturated carbocycles. The van der Waals surface area contributed by atoms with E-state index in [9.17, 15) is 19.7 Å². The number of non-ortho nitro benzene ring substituents is 1. The highest BCUT2D eigenvalue weighted by Gasteiger charge is 2.19. The van der Waals surface area contributed by atoms with Gasteiger partial charge in [0.15, 0.2) is 12.7 Å². The van der Waals surface area contributed by atoms with Gasteiger partial charge < -0.3 is 9.47 Å². The standard InChI is InChI=1S/C19H19NO6/c1-3-14-4-6-15(7-5-14)19(22)13(2)26-18(21)12-25-17-10-8-16(9-11-17)20(23)24/h4-11,13H,3,12H2,1-2H3/t13-/m1/s1. The minimum Gasteiger partial charge on any atom is -0.482 e. The van der Waals surface area contributed by atoms with Gasteiger partial charge >= 0.3 is 5.97 Å². The van der Waals surface area contributed by atoms with Crippen molar-refractivity contribution >= 4 is 17.4 Å². The number of nitro groups is 1. The molecule has 26 heavy (non-hydrogen) atoms. The number of carbonyl (C=O) groups is 2. The summed E-state index contributed by atoms with van der Waals surface area (Å²) in [4.78, 5) is 34.1. The maximum atomic E-state index is 12.3. The number of nitro benzene ring substituents is 1. The van der Waals surface area contributed by atoms with Crippen molar-refractivity contribution in [1.82, 2.24) is 0 Å². The molecular weight excluding hydrogens is 338 g/mol. The summed E-state index contributed by atoms with van der Waals surface area (Å²) in [5.74, 6) is -0.701. The van der Waals surface area contributed by atoms with Crippen molar-refractivity contribution in [2.75, 3.05) is 6.61 Å². The number of aryl methyl sites for hydroxylation is 1. The number of Topliss-reactive ketones (excluding diaryl/α,β-unsaturated/α-hetero) is 1. The first-order valence-electron chi connectivity index (χ1n) is 8.10. The Labute approximate surface area is 150 Å². The lowest BCUT2D eigenvalue weighted by Gasteiger charge is -2.13. The Morgan fingerprint density at radius 1 is 1.08 bits per heavy atom. The van der Waals surface area contributed by atoms with Crippen LogP contribution in [0, 0.1) is 10.1 Å². The van der Waals surface area contributed by atoms with Crippen molar-refractivity contribution in [1.29, 1.82) is 0 Å². The molecule has 1 atom stereocenters. The van der Waals surface area contributed by atoms with Crippen LogP contribution in [0.25, 0.3) is 0 Å². The number of carbonyl (C=O) groups excluding carboxylic acids is 2. The Kier molecular flexibility index (Phi) is 6.43. The zero-order chi connectivity index (χ0) is 19.1. The van der Waals surface area contributed by atoms with E-state index >= 15 is 0 Å². The molecule has 0 N–H and O–H groups in total. The van der Waals surface area contributed by atoms with E-state index in [0.29, 0.717) is 11.3 Å². The van der Waals surface area contributed by atoms with Gasteiger partial charge in [-0.1, -0.05) is 31.2 Å². The molecule has 2 rings (SSSR count). The lowest BCUT2D eigenvalue weighted by molar-refractivity contribution is -0.384. The molecule has 0 bridgehead atoms. The van der Waals surface area contributed by atoms with Crippen molar-refractivity contribution in [3.05, 3.63) is 69.8 Å². The number of benzene rings is 2. The molecule has 0 aromatic heterocycles. The first-order chi connectivity index (χ1) is 12.4. The van der Waals surface area contributed by atoms with E-state index in [1.54, 1.807) is 12.1 Å². The second kappa shape index (κ2) is 8.75. The minimum absolute atomic E-state index is 0.0757. The zero-order valence-corrected chi connectivity index (χ0v) is 14.5. The lowest BCUT2D eigenvalue weighted by Crippen LogP contribution is -2.27. The molecule has 0 aliphatic rings. The van der Waals surface area contributed by atoms with Gasteiger partial charge in [-0.3, -0.25) is 14.9 Å². The van der Waals surface area contributed by atoms with Gasteiger partial charge in [0.05, 0.1) is 4.92 Å². The van der Waals surface area contributed by atoms with E-state index < -0.39 is 23.6 Å². The summed E-state index contributed by atoms with van der Waals surface area (Å²) in [6, 6.07) is 12.4. The van der Waals surface area contributed by atoms with Gasteiger partial charge in [0.25, 0.3) is 5.69 Å². The van der Waals surface area contributed by atoms with Crippen LogP contribution in [-0.2, 0) is 16.0 Å². The highest BCUT2D eigenvalue weighted by molar-refractivity contribution is 6.00. The topological polar surface area (TPSA) is 95.7 Å². The van der Waals surface area contributed by atoms with Crippen molar-refractivity contribution < 1.29 is 24.0 Å². The summed E-state index contributed by atoms with van der Waals surface area (Å²) in [6.07, 6.45) is -0.0608. The molecule has 0 amide bonds. The number of hydrogen-bond acceptors (Lipinski definition) is 6. The molecule has 7 nitrogen and oxygen atoms in total. The van der Waals surface area contributed by atoms with Gasteiger partial charge in [-0.05, 0) is 31.0 Å². The summed E-state index contributed by atoms with van der Waals surface area (Å²) in [7, 11) is 0. The third-order valence-corrected chi connectivity index (χ3v) is 3.73. The van der Waals surface area contributed by atoms with Crippen molar-refractivity contribution in [2.24, 2.45) is 0 Å². The maximum absolute atomic E-state index is 12.3. The predicted octanol–water partition coefficient (Wildman–Crippen LogP) is 3.35. The third-order valence-electron chi connectivity index (χ3n) is 3.73. The first kappa shape index (κ1) is 19.1. The summed E-state index contributed by atoms with van der Waals surface area (Å²) in [5.41, 5.74) is 1.51. The largest absolute Gasteiger partial charge is 0.482 e. The highest BCUT2D eigenvalue weighted by atomic mass is 16.6. The Balaban J connectivity index is 1.85. The van der Waals surface area contributed by atoms with Crippen LogP contribution < -0.4 is 4.74 Å². The summed E-state index contributed by atoms with van der Waals surface area (Å²) < 4.78 is 10.3. The Bertz CT molecular complexity index is 783. The normalized spacial score (nSPS) is 11.5. The molecule has 2 aromatic rings. The van der Waals surface area contributed by atoms with Crippen LogP contribution in [0.1, 0.15) is 29.8 Å². The van der Waals surface area contributed by atoms with E-state index in [1.165, 1.54) is 31.2 Å². The van der Waals surface area contributed by atoms with E-state index in [-0.39, 0.29) is 11.5 Å². The number of hydrogen-bond donors (Lipinski definition) is 0. The lowest BCUT2D eigenvalue weighted by atomic mass is 10.0. The van der Waals surface area contributed by atoms with Gasteiger partial charge in [-0.25, -0.2) is 4.79 Å². The van der Waals surface area contributed by atoms with Crippen LogP contribution in [-0.4, -0.2) is 29.4 Å². The first-order valence-corrected chi connectivity index (χ1v) is 8.10. The molecule has 136 valence electrons. The second-order valence-corrected chi connectivity index (χ2v) is 5.59. The number of nitrogens with zero attached hydrogens (tertiary/aromatic N) is 1. The second-order valence-electron chi connectivity index (χ2n) is 5.59. The average molecular weight is 357 g/mol. The fourth-order valence-electron chi connectivity index (χ4n) is 2.23. The summed E-state index contributed by atoms with van der Waals surface area (Å²) >= 11 is 0. The fourth-order valence-corrected chi connectivity index (χ4v) is 2.23. The molecule has 0 fully saturated rings. The highest BCUT2D eigenvalue weighted by Crippen LogP contribution is 2.17. The molecule has 0 aliphatic carbocycles. The Morgan fingerprint density at radius 3 is 2.23 bits per heavy atom. The van der Waals surface area contributed by atoms with Crippen LogP contribution >= 0.6 is 0 Å². The molecule has 0 aliphatic heterocycles. The molecular formula is C19H19NO6. The van der Waals surface area contributed by atoms with Gasteiger partial charge in [-0.15, -0.1) is 0 Å². The number of ether oxygens (including phenoxy) is 2. The zero-order valence-electron chi connectivity index (χ0n) is 14.5. The van der Waals surface area contributed by atoms with Crippen LogP contribution in [0.15, 0.2) is 48.5 Å². The molecule has 0 saturated heterocycles. The molecule has 0 radical (unpaired) electrons. The van der Waals surface area contributed by atoms with Crippen LogP contribution in [0.4, 0.5) is 5.69 Å². The van der Waals surface area contributed by atoms with E-state index in [4.69, 9.17) is 9.47 Å². The van der Waals surface area contributed by atoms with Crippen LogP contribution in [0.5, 0.6) is 5.75 Å². The number of ketones is 1. The Hall–Kier alpha value is -3.22. The van der Waals surface area contributed by atoms with E-state index in [2.05, 4.69) is 0 Å². The summed E-state index contributed by atoms with van der Waals surface area (Å²) in [6.45, 7) is 3.12. The van der Waals surface area contributed by atoms with Gasteiger partial charge in [-0.2, -0.15) is 0 Å². The van der Waals surface area contributed by atoms with Crippen molar-refractivity contribution in [2.45, 2.75) is 26.4 Å². The fraction of sp³-hybridized carbons (Fsp3) is 0.263. The summed E-state index contributed by atoms with van der Waals surface area (Å²) in [5, 5.41) is 10.6. The minimum atomic E-state index is -0.935. The molecule has 7 heteroatoms. The SMILES string of the molecule is CCc1ccc(C(=O)[C@@H](C)OC(=O)COc2ccc([N+](=O)[O-])cc2)cc1. The monoisotopic (exact) mass is 357 g/mol. The Morgan fingerprint density at radius 2 is 1.69 bits per heavy atom. The van der Waals surface area contributed by atoms with Gasteiger partial charge in [0, 0.05) is 17.7 Å². The maximum Gasteiger partial charge on any atom is 0.344 e. The van der Waals surface area contributed by atoms with Gasteiger partial charge in [0.1, 0.15) is 5.75 Å². The van der Waals surface area contributed by atoms with Crippen LogP contribution in [0.3, 0.4) is 0 Å². The molecule has 2 aromatic carbocycles. The van der Waals surface area contributed by atoms with E-state index in [1.807, 2.05) is 19.1 Å². The van der Waals surface area contributed by atoms with Gasteiger partial charge in [0.2, 0.25) is 5.78 Å². The van der Waals surface area contributed by atoms with E-state index in [0.717, 1.165) is 12.0 Å².